The molecule has 9 heteroatoms. The van der Waals surface area contributed by atoms with E-state index in [9.17, 15) is 19.4 Å². The van der Waals surface area contributed by atoms with Crippen molar-refractivity contribution in [1.29, 1.82) is 0 Å². The number of nitrogens with two attached hydrogens (primary N) is 1. The number of allylic oxidation sites excluding steroid dienone is 1. The highest BCUT2D eigenvalue weighted by atomic mass is 31.2. The summed E-state index contributed by atoms with van der Waals surface area (Å²) < 4.78 is 22.2. The van der Waals surface area contributed by atoms with Crippen molar-refractivity contribution >= 4 is 13.7 Å². The second kappa shape index (κ2) is 43.8. The fraction of sp³-hybridized carbons (Fsp3) is 0.936. The molecular weight excluding hydrogens is 719 g/mol. The van der Waals surface area contributed by atoms with Gasteiger partial charge in [-0.15, -0.1) is 0 Å². The number of aliphatic hydroxyl groups is 1. The second-order valence-electron chi connectivity index (χ2n) is 16.7. The summed E-state index contributed by atoms with van der Waals surface area (Å²) in [5.41, 5.74) is 5.38. The van der Waals surface area contributed by atoms with Crippen LogP contribution < -0.4 is 11.1 Å². The summed E-state index contributed by atoms with van der Waals surface area (Å²) in [5, 5.41) is 13.7. The molecule has 0 bridgehead atoms. The van der Waals surface area contributed by atoms with Crippen molar-refractivity contribution < 1.29 is 28.4 Å². The van der Waals surface area contributed by atoms with Gasteiger partial charge in [0.1, 0.15) is 0 Å². The first-order valence-corrected chi connectivity index (χ1v) is 25.8. The SMILES string of the molecule is CCCCCCCCCCCCCCC/C=C/C(O)C(COP(=O)(O)OCCN)NC(=O)CCCCCCCCCCCCCCCCCCCCCCCC. The van der Waals surface area contributed by atoms with Gasteiger partial charge in [0.25, 0.3) is 0 Å². The molecule has 0 aliphatic heterocycles. The first kappa shape index (κ1) is 55.2. The quantitative estimate of drug-likeness (QED) is 0.0273. The van der Waals surface area contributed by atoms with Crippen molar-refractivity contribution in [2.24, 2.45) is 5.73 Å². The predicted molar refractivity (Wildman–Crippen MR) is 240 cm³/mol. The van der Waals surface area contributed by atoms with E-state index in [1.807, 2.05) is 6.08 Å². The molecule has 5 N–H and O–H groups in total. The number of unbranched alkanes of at least 4 members (excludes halogenated alkanes) is 34. The van der Waals surface area contributed by atoms with Crippen LogP contribution in [-0.4, -0.2) is 47.8 Å². The van der Waals surface area contributed by atoms with Crippen LogP contribution in [0.5, 0.6) is 0 Å². The van der Waals surface area contributed by atoms with Crippen molar-refractivity contribution in [2.45, 2.75) is 264 Å². The zero-order valence-electron chi connectivity index (χ0n) is 37.1. The minimum absolute atomic E-state index is 0.0815. The molecule has 0 saturated heterocycles. The third kappa shape index (κ3) is 41.4. The molecule has 0 aliphatic rings. The van der Waals surface area contributed by atoms with Crippen LogP contribution in [0.2, 0.25) is 0 Å². The van der Waals surface area contributed by atoms with Crippen LogP contribution in [-0.2, 0) is 18.4 Å². The number of phosphoric ester groups is 1. The van der Waals surface area contributed by atoms with E-state index in [-0.39, 0.29) is 25.7 Å². The Labute approximate surface area is 347 Å². The van der Waals surface area contributed by atoms with Crippen LogP contribution in [0, 0.1) is 0 Å². The Kier molecular flexibility index (Phi) is 43.2. The van der Waals surface area contributed by atoms with E-state index in [0.717, 1.165) is 38.5 Å². The van der Waals surface area contributed by atoms with E-state index in [1.165, 1.54) is 193 Å². The van der Waals surface area contributed by atoms with E-state index in [0.29, 0.717) is 6.42 Å². The summed E-state index contributed by atoms with van der Waals surface area (Å²) in [6.07, 6.45) is 49.8. The lowest BCUT2D eigenvalue weighted by atomic mass is 10.0. The maximum Gasteiger partial charge on any atom is 0.472 e. The normalized spacial score (nSPS) is 14.0. The fourth-order valence-electron chi connectivity index (χ4n) is 7.43. The number of amides is 1. The topological polar surface area (TPSA) is 131 Å². The van der Waals surface area contributed by atoms with Crippen LogP contribution >= 0.6 is 7.82 Å². The first-order chi connectivity index (χ1) is 27.4. The van der Waals surface area contributed by atoms with Gasteiger partial charge in [-0.1, -0.05) is 238 Å². The minimum atomic E-state index is -4.34. The van der Waals surface area contributed by atoms with E-state index in [1.54, 1.807) is 6.08 Å². The van der Waals surface area contributed by atoms with Crippen LogP contribution in [0.25, 0.3) is 0 Å². The molecule has 56 heavy (non-hydrogen) atoms. The Morgan fingerprint density at radius 3 is 1.27 bits per heavy atom. The summed E-state index contributed by atoms with van der Waals surface area (Å²) in [7, 11) is -4.34. The van der Waals surface area contributed by atoms with Gasteiger partial charge >= 0.3 is 7.82 Å². The van der Waals surface area contributed by atoms with Crippen LogP contribution in [0.3, 0.4) is 0 Å². The Hall–Kier alpha value is -0.760. The monoisotopic (exact) mass is 815 g/mol. The molecule has 3 unspecified atom stereocenters. The molecule has 0 aromatic rings. The van der Waals surface area contributed by atoms with Gasteiger partial charge in [0.15, 0.2) is 0 Å². The molecular formula is C47H95N2O6P. The summed E-state index contributed by atoms with van der Waals surface area (Å²) in [5.74, 6) is -0.189. The van der Waals surface area contributed by atoms with Crippen LogP contribution in [0.1, 0.15) is 251 Å². The molecule has 8 nitrogen and oxygen atoms in total. The molecule has 1 amide bonds. The van der Waals surface area contributed by atoms with Crippen LogP contribution in [0.15, 0.2) is 12.2 Å². The lowest BCUT2D eigenvalue weighted by Crippen LogP contribution is -2.45. The number of phosphoric acid groups is 1. The Morgan fingerprint density at radius 2 is 0.911 bits per heavy atom. The zero-order valence-corrected chi connectivity index (χ0v) is 38.0. The van der Waals surface area contributed by atoms with Gasteiger partial charge in [-0.05, 0) is 19.3 Å². The molecule has 0 saturated carbocycles. The molecule has 0 aliphatic carbocycles. The van der Waals surface area contributed by atoms with Gasteiger partial charge in [0, 0.05) is 13.0 Å². The smallest absolute Gasteiger partial charge is 0.387 e. The highest BCUT2D eigenvalue weighted by molar-refractivity contribution is 7.47. The Bertz CT molecular complexity index is 891. The largest absolute Gasteiger partial charge is 0.472 e. The molecule has 0 radical (unpaired) electrons. The summed E-state index contributed by atoms with van der Waals surface area (Å²) >= 11 is 0. The molecule has 0 aromatic carbocycles. The predicted octanol–water partition coefficient (Wildman–Crippen LogP) is 14.0. The van der Waals surface area contributed by atoms with Crippen molar-refractivity contribution in [1.82, 2.24) is 5.32 Å². The average molecular weight is 815 g/mol. The summed E-state index contributed by atoms with van der Waals surface area (Å²) in [4.78, 5) is 22.8. The average Bonchev–Trinajstić information content (AvgIpc) is 3.19. The molecule has 0 fully saturated rings. The first-order valence-electron chi connectivity index (χ1n) is 24.3. The van der Waals surface area contributed by atoms with Crippen molar-refractivity contribution in [2.75, 3.05) is 19.8 Å². The molecule has 0 heterocycles. The highest BCUT2D eigenvalue weighted by Gasteiger charge is 2.26. The number of aliphatic hydroxyl groups excluding tert-OH is 1. The van der Waals surface area contributed by atoms with Gasteiger partial charge < -0.3 is 21.1 Å². The maximum absolute atomic E-state index is 12.8. The third-order valence-corrected chi connectivity index (χ3v) is 12.1. The van der Waals surface area contributed by atoms with E-state index >= 15 is 0 Å². The van der Waals surface area contributed by atoms with Crippen molar-refractivity contribution in [3.63, 3.8) is 0 Å². The number of nitrogens with one attached hydrogen (secondary N) is 1. The third-order valence-electron chi connectivity index (χ3n) is 11.1. The summed E-state index contributed by atoms with van der Waals surface area (Å²) in [6.45, 7) is 4.17. The Morgan fingerprint density at radius 1 is 0.571 bits per heavy atom. The van der Waals surface area contributed by atoms with Gasteiger partial charge in [-0.25, -0.2) is 4.57 Å². The van der Waals surface area contributed by atoms with Gasteiger partial charge in [-0.2, -0.15) is 0 Å². The lowest BCUT2D eigenvalue weighted by Gasteiger charge is -2.23. The van der Waals surface area contributed by atoms with E-state index in [4.69, 9.17) is 14.8 Å². The van der Waals surface area contributed by atoms with Gasteiger partial charge in [0.2, 0.25) is 5.91 Å². The van der Waals surface area contributed by atoms with E-state index in [2.05, 4.69) is 19.2 Å². The van der Waals surface area contributed by atoms with Gasteiger partial charge in [0.05, 0.1) is 25.4 Å². The second-order valence-corrected chi connectivity index (χ2v) is 18.1. The zero-order chi connectivity index (χ0) is 41.1. The number of carbonyl (C=O) groups excluding carboxylic acids is 1. The summed E-state index contributed by atoms with van der Waals surface area (Å²) in [6, 6.07) is -0.855. The fourth-order valence-corrected chi connectivity index (χ4v) is 8.19. The Balaban J connectivity index is 4.06. The highest BCUT2D eigenvalue weighted by Crippen LogP contribution is 2.43. The number of carbonyl (C=O) groups is 1. The van der Waals surface area contributed by atoms with Crippen LogP contribution in [0.4, 0.5) is 0 Å². The number of hydrogen-bond donors (Lipinski definition) is 4. The molecule has 0 spiro atoms. The molecule has 0 rings (SSSR count). The van der Waals surface area contributed by atoms with E-state index < -0.39 is 20.0 Å². The minimum Gasteiger partial charge on any atom is -0.387 e. The molecule has 3 atom stereocenters. The van der Waals surface area contributed by atoms with Gasteiger partial charge in [-0.3, -0.25) is 13.8 Å². The standard InChI is InChI=1S/C47H95N2O6P/c1-3-5-7-9-11-13-15-17-19-20-21-22-23-24-25-27-29-31-33-35-37-39-41-47(51)49-45(44-55-56(52,53)54-43-42-48)46(50)40-38-36-34-32-30-28-26-18-16-14-12-10-8-6-4-2/h38,40,45-46,50H,3-37,39,41-44,48H2,1-2H3,(H,49,51)(H,52,53)/b40-38+. The van der Waals surface area contributed by atoms with Crippen molar-refractivity contribution in [3.05, 3.63) is 12.2 Å². The molecule has 0 aromatic heterocycles. The number of hydrogen-bond acceptors (Lipinski definition) is 6. The number of rotatable bonds is 46. The molecule has 334 valence electrons. The maximum atomic E-state index is 12.8. The lowest BCUT2D eigenvalue weighted by molar-refractivity contribution is -0.123. The van der Waals surface area contributed by atoms with Crippen molar-refractivity contribution in [3.8, 4) is 0 Å².